The first kappa shape index (κ1) is 44.6. The van der Waals surface area contributed by atoms with E-state index >= 15 is 0 Å². The number of para-hydroxylation sites is 2. The summed E-state index contributed by atoms with van der Waals surface area (Å²) in [6.45, 7) is 15.7. The van der Waals surface area contributed by atoms with Gasteiger partial charge in [-0.15, -0.1) is 0 Å². The van der Waals surface area contributed by atoms with Crippen molar-refractivity contribution in [1.82, 2.24) is 19.1 Å². The second-order valence-electron chi connectivity index (χ2n) is 15.8. The number of fused-ring (bicyclic) bond motifs is 2. The number of aromatic nitrogens is 4. The molecule has 0 bridgehead atoms. The molecule has 2 aromatic heterocycles. The number of carbonyl (C=O) groups is 2. The zero-order chi connectivity index (χ0) is 43.7. The first-order chi connectivity index (χ1) is 27.9. The van der Waals surface area contributed by atoms with E-state index in [1.165, 1.54) is 10.9 Å². The molecule has 0 spiro atoms. The lowest BCUT2D eigenvalue weighted by Gasteiger charge is -2.20. The highest BCUT2D eigenvalue weighted by molar-refractivity contribution is 5.85. The quantitative estimate of drug-likeness (QED) is 0.135. The molecule has 12 heteroatoms. The molecule has 300 valence electrons. The second-order valence-corrected chi connectivity index (χ2v) is 15.8. The first-order valence-corrected chi connectivity index (χ1v) is 19.1. The fourth-order valence-corrected chi connectivity index (χ4v) is 6.85. The summed E-state index contributed by atoms with van der Waals surface area (Å²) in [5.41, 5.74) is 15.0. The molecule has 2 unspecified atom stereocenters. The number of imidazole rings is 2. The van der Waals surface area contributed by atoms with Gasteiger partial charge in [-0.05, 0) is 112 Å². The molecule has 6 rings (SSSR count). The smallest absolute Gasteiger partial charge is 0.323 e. The van der Waals surface area contributed by atoms with Crippen LogP contribution in [0.15, 0.2) is 85.5 Å². The molecular formula is C47H49N9O3. The summed E-state index contributed by atoms with van der Waals surface area (Å²) in [6, 6.07) is 31.5. The number of nitrogens with zero attached hydrogens (tertiary/aromatic N) is 8. The van der Waals surface area contributed by atoms with Crippen molar-refractivity contribution in [2.45, 2.75) is 97.7 Å². The highest BCUT2D eigenvalue weighted by Gasteiger charge is 2.23. The molecule has 4 aromatic carbocycles. The summed E-state index contributed by atoms with van der Waals surface area (Å²) >= 11 is 0. The van der Waals surface area contributed by atoms with Gasteiger partial charge in [-0.25, -0.2) is 9.97 Å². The number of hydrogen-bond donors (Lipinski definition) is 2. The van der Waals surface area contributed by atoms with Crippen molar-refractivity contribution in [3.8, 4) is 24.3 Å². The average Bonchev–Trinajstić information content (AvgIpc) is 3.81. The summed E-state index contributed by atoms with van der Waals surface area (Å²) in [6.07, 6.45) is 3.45. The fourth-order valence-electron chi connectivity index (χ4n) is 6.85. The van der Waals surface area contributed by atoms with Gasteiger partial charge in [0.1, 0.15) is 18.7 Å². The zero-order valence-electron chi connectivity index (χ0n) is 34.8. The Labute approximate surface area is 345 Å². The first-order valence-electron chi connectivity index (χ1n) is 19.1. The molecule has 3 N–H and O–H groups in total. The number of carboxylic acids is 1. The van der Waals surface area contributed by atoms with Gasteiger partial charge >= 0.3 is 5.97 Å². The molecule has 0 amide bonds. The highest BCUT2D eigenvalue weighted by Crippen LogP contribution is 2.30. The van der Waals surface area contributed by atoms with E-state index in [-0.39, 0.29) is 30.8 Å². The summed E-state index contributed by atoms with van der Waals surface area (Å²) < 4.78 is 3.21. The van der Waals surface area contributed by atoms with E-state index in [1.54, 1.807) is 41.2 Å². The van der Waals surface area contributed by atoms with Crippen molar-refractivity contribution >= 4 is 33.8 Å². The highest BCUT2D eigenvalue weighted by atomic mass is 16.4. The number of carboxylic acid groups (broad SMARTS) is 1. The maximum absolute atomic E-state index is 12.7. The van der Waals surface area contributed by atoms with Crippen LogP contribution in [-0.4, -0.2) is 36.0 Å². The normalized spacial score (nSPS) is 12.0. The number of hydrogen-bond acceptors (Lipinski definition) is 9. The molecule has 6 aromatic rings. The fraction of sp³-hybridized carbons (Fsp3) is 0.319. The van der Waals surface area contributed by atoms with Crippen LogP contribution in [0.25, 0.3) is 22.1 Å². The van der Waals surface area contributed by atoms with E-state index in [0.29, 0.717) is 34.1 Å². The van der Waals surface area contributed by atoms with Gasteiger partial charge in [-0.2, -0.15) is 21.0 Å². The van der Waals surface area contributed by atoms with E-state index in [1.807, 2.05) is 97.9 Å². The Morgan fingerprint density at radius 2 is 1.15 bits per heavy atom. The van der Waals surface area contributed by atoms with Gasteiger partial charge in [-0.3, -0.25) is 9.59 Å². The summed E-state index contributed by atoms with van der Waals surface area (Å²) in [7, 11) is 0. The summed E-state index contributed by atoms with van der Waals surface area (Å²) in [5.74, 6) is -0.806. The van der Waals surface area contributed by atoms with E-state index < -0.39 is 16.8 Å². The van der Waals surface area contributed by atoms with E-state index in [0.717, 1.165) is 38.9 Å². The van der Waals surface area contributed by atoms with Crippen LogP contribution in [0.3, 0.4) is 0 Å². The number of Topliss-reactive ketones (excluding diaryl/α,β-unsaturated/α-hetero) is 1. The zero-order valence-corrected chi connectivity index (χ0v) is 34.8. The molecular weight excluding hydrogens is 739 g/mol. The minimum Gasteiger partial charge on any atom is -0.480 e. The van der Waals surface area contributed by atoms with Gasteiger partial charge in [0.2, 0.25) is 0 Å². The van der Waals surface area contributed by atoms with Crippen molar-refractivity contribution in [1.29, 1.82) is 21.0 Å². The average molecular weight is 788 g/mol. The second kappa shape index (κ2) is 18.9. The molecule has 0 aliphatic carbocycles. The number of nitrogens with two attached hydrogens (primary N) is 1. The van der Waals surface area contributed by atoms with Crippen LogP contribution < -0.4 is 5.73 Å². The Hall–Kier alpha value is -7.12. The van der Waals surface area contributed by atoms with Gasteiger partial charge in [0, 0.05) is 12.5 Å². The van der Waals surface area contributed by atoms with E-state index in [4.69, 9.17) is 21.4 Å². The predicted molar refractivity (Wildman–Crippen MR) is 227 cm³/mol. The minimum absolute atomic E-state index is 0.0456. The van der Waals surface area contributed by atoms with Crippen LogP contribution in [0.4, 0.5) is 0 Å². The van der Waals surface area contributed by atoms with E-state index in [9.17, 15) is 20.1 Å². The standard InChI is InChI=1S/C24H24N4O.C13H18N2.C10H7N3O2/c1-16-10-19(24(3,4)14-26)8-9-21(16)17(2)11-20(29)13-28-15-27-22-7-5-6-18(12-25)23(22)28;1-9-7-11(13(3,4)8-14)5-6-12(9)10(2)15;11-4-7-2-1-3-8-10(7)13(6-12-8)5-9(14)15/h5-10,15,17H,11,13H2,1-4H3;5-7,10H,15H2,1-4H3;1-3,6H,5H2,(H,14,15). The lowest BCUT2D eigenvalue weighted by Crippen LogP contribution is -2.15. The van der Waals surface area contributed by atoms with Crippen molar-refractivity contribution in [3.63, 3.8) is 0 Å². The maximum atomic E-state index is 12.7. The molecule has 0 radical (unpaired) electrons. The topological polar surface area (TPSA) is 211 Å². The van der Waals surface area contributed by atoms with Crippen LogP contribution in [0.5, 0.6) is 0 Å². The molecule has 12 nitrogen and oxygen atoms in total. The molecule has 0 saturated heterocycles. The van der Waals surface area contributed by atoms with Crippen LogP contribution >= 0.6 is 0 Å². The lowest BCUT2D eigenvalue weighted by molar-refractivity contribution is -0.137. The third-order valence-electron chi connectivity index (χ3n) is 10.3. The lowest BCUT2D eigenvalue weighted by atomic mass is 9.82. The van der Waals surface area contributed by atoms with Gasteiger partial charge in [0.05, 0.1) is 75.4 Å². The Balaban J connectivity index is 0.000000215. The van der Waals surface area contributed by atoms with Gasteiger partial charge in [-0.1, -0.05) is 55.5 Å². The van der Waals surface area contributed by atoms with Crippen LogP contribution in [0, 0.1) is 59.2 Å². The number of nitriles is 4. The van der Waals surface area contributed by atoms with Crippen molar-refractivity contribution in [3.05, 3.63) is 130 Å². The largest absolute Gasteiger partial charge is 0.480 e. The summed E-state index contributed by atoms with van der Waals surface area (Å²) in [5, 5.41) is 45.3. The van der Waals surface area contributed by atoms with Gasteiger partial charge in [0.15, 0.2) is 5.78 Å². The van der Waals surface area contributed by atoms with Gasteiger partial charge in [0.25, 0.3) is 0 Å². The molecule has 0 saturated carbocycles. The molecule has 0 aliphatic rings. The number of rotatable bonds is 10. The maximum Gasteiger partial charge on any atom is 0.323 e. The number of carbonyl (C=O) groups excluding carboxylic acids is 1. The SMILES string of the molecule is Cc1cc(C(C)(C)C#N)ccc1C(C)CC(=O)Cn1cnc2cccc(C#N)c21.Cc1cc(C(C)(C)C#N)ccc1C(C)N.N#Cc1cccc2ncn(CC(=O)O)c12. The monoisotopic (exact) mass is 787 g/mol. The Morgan fingerprint density at radius 1 is 0.712 bits per heavy atom. The van der Waals surface area contributed by atoms with Crippen LogP contribution in [-0.2, 0) is 33.5 Å². The molecule has 0 aliphatic heterocycles. The molecule has 2 atom stereocenters. The predicted octanol–water partition coefficient (Wildman–Crippen LogP) is 8.59. The third-order valence-corrected chi connectivity index (χ3v) is 10.3. The number of benzene rings is 4. The van der Waals surface area contributed by atoms with Crippen LogP contribution in [0.2, 0.25) is 0 Å². The molecule has 59 heavy (non-hydrogen) atoms. The number of aryl methyl sites for hydroxylation is 2. The van der Waals surface area contributed by atoms with Gasteiger partial charge < -0.3 is 20.0 Å². The Morgan fingerprint density at radius 3 is 1.54 bits per heavy atom. The Kier molecular flexibility index (Phi) is 14.3. The number of ketones is 1. The van der Waals surface area contributed by atoms with Crippen LogP contribution in [0.1, 0.15) is 104 Å². The van der Waals surface area contributed by atoms with E-state index in [2.05, 4.69) is 34.2 Å². The van der Waals surface area contributed by atoms with Crippen molar-refractivity contribution in [2.24, 2.45) is 5.73 Å². The van der Waals surface area contributed by atoms with Crippen molar-refractivity contribution < 1.29 is 14.7 Å². The third kappa shape index (κ3) is 10.6. The molecule has 2 heterocycles. The Bertz CT molecular complexity index is 2670. The minimum atomic E-state index is -0.956. The van der Waals surface area contributed by atoms with Crippen molar-refractivity contribution in [2.75, 3.05) is 0 Å². The summed E-state index contributed by atoms with van der Waals surface area (Å²) in [4.78, 5) is 31.7. The molecule has 0 fully saturated rings. The number of aliphatic carboxylic acids is 1.